The highest BCUT2D eigenvalue weighted by Gasteiger charge is 2.36. The molecule has 0 saturated heterocycles. The maximum atomic E-state index is 2.44. The van der Waals surface area contributed by atoms with Gasteiger partial charge in [-0.1, -0.05) is 166 Å². The van der Waals surface area contributed by atoms with Crippen molar-refractivity contribution in [3.8, 4) is 44.5 Å². The van der Waals surface area contributed by atoms with E-state index >= 15 is 0 Å². The van der Waals surface area contributed by atoms with Crippen molar-refractivity contribution in [3.05, 3.63) is 181 Å². The Kier molecular flexibility index (Phi) is 6.02. The van der Waals surface area contributed by atoms with E-state index in [1.54, 1.807) is 0 Å². The van der Waals surface area contributed by atoms with Crippen LogP contribution in [0.4, 0.5) is 0 Å². The van der Waals surface area contributed by atoms with Gasteiger partial charge in [0.1, 0.15) is 0 Å². The van der Waals surface area contributed by atoms with Gasteiger partial charge in [0.2, 0.25) is 0 Å². The summed E-state index contributed by atoms with van der Waals surface area (Å²) in [7, 11) is 0. The van der Waals surface area contributed by atoms with E-state index in [0.717, 1.165) is 0 Å². The summed E-state index contributed by atoms with van der Waals surface area (Å²) in [5, 5.41) is 10.3. The van der Waals surface area contributed by atoms with Crippen LogP contribution in [0.5, 0.6) is 0 Å². The third-order valence-electron chi connectivity index (χ3n) is 11.0. The molecule has 1 aliphatic rings. The van der Waals surface area contributed by atoms with Crippen LogP contribution in [-0.4, -0.2) is 0 Å². The van der Waals surface area contributed by atoms with Crippen LogP contribution in [0, 0.1) is 0 Å². The Morgan fingerprint density at radius 2 is 0.796 bits per heavy atom. The van der Waals surface area contributed by atoms with E-state index in [0.29, 0.717) is 0 Å². The maximum absolute atomic E-state index is 2.44. The molecule has 0 spiro atoms. The summed E-state index contributed by atoms with van der Waals surface area (Å²) in [5.41, 5.74) is 13.1. The van der Waals surface area contributed by atoms with Gasteiger partial charge >= 0.3 is 0 Å². The normalized spacial score (nSPS) is 13.3. The van der Waals surface area contributed by atoms with Gasteiger partial charge in [0, 0.05) is 5.41 Å². The van der Waals surface area contributed by atoms with E-state index in [1.165, 1.54) is 98.7 Å². The summed E-state index contributed by atoms with van der Waals surface area (Å²) in [5.74, 6) is 0. The van der Waals surface area contributed by atoms with Crippen molar-refractivity contribution >= 4 is 43.1 Å². The Bertz CT molecular complexity index is 2720. The van der Waals surface area contributed by atoms with Gasteiger partial charge in [-0.25, -0.2) is 0 Å². The Morgan fingerprint density at radius 3 is 1.45 bits per heavy atom. The molecule has 0 fully saturated rings. The summed E-state index contributed by atoms with van der Waals surface area (Å²) in [4.78, 5) is 0. The Labute approximate surface area is 286 Å². The first-order chi connectivity index (χ1) is 24.1. The molecule has 0 N–H and O–H groups in total. The Balaban J connectivity index is 1.21. The molecule has 0 atom stereocenters. The van der Waals surface area contributed by atoms with Crippen molar-refractivity contribution in [1.29, 1.82) is 0 Å². The Hall–Kier alpha value is -5.98. The third-order valence-corrected chi connectivity index (χ3v) is 11.0. The van der Waals surface area contributed by atoms with Crippen LogP contribution < -0.4 is 0 Å². The first-order valence-electron chi connectivity index (χ1n) is 17.3. The number of hydrogen-bond donors (Lipinski definition) is 0. The molecule has 0 saturated carbocycles. The number of fused-ring (bicyclic) bond motifs is 7. The Morgan fingerprint density at radius 1 is 0.306 bits per heavy atom. The predicted molar refractivity (Wildman–Crippen MR) is 210 cm³/mol. The average molecular weight is 623 g/mol. The highest BCUT2D eigenvalue weighted by molar-refractivity contribution is 6.24. The monoisotopic (exact) mass is 622 g/mol. The third kappa shape index (κ3) is 4.11. The minimum atomic E-state index is -0.0484. The van der Waals surface area contributed by atoms with Gasteiger partial charge in [0.05, 0.1) is 0 Å². The lowest BCUT2D eigenvalue weighted by Crippen LogP contribution is -2.14. The van der Waals surface area contributed by atoms with E-state index in [1.807, 2.05) is 0 Å². The van der Waals surface area contributed by atoms with Crippen LogP contribution in [0.2, 0.25) is 0 Å². The SMILES string of the molecule is CC1(C)c2ccc(-c3ccc(-c4c5ccccc5c(-c5ccccc5)c5ccccc45)c4ccccc34)cc2-c2cc3ccccc3cc21. The topological polar surface area (TPSA) is 0 Å². The molecule has 9 aromatic rings. The molecule has 0 unspecified atom stereocenters. The largest absolute Gasteiger partial charge is 0.0622 e. The lowest BCUT2D eigenvalue weighted by Gasteiger charge is -2.22. The molecule has 0 radical (unpaired) electrons. The molecule has 0 aliphatic heterocycles. The molecule has 1 aliphatic carbocycles. The number of rotatable bonds is 3. The molecule has 10 rings (SSSR count). The van der Waals surface area contributed by atoms with Crippen LogP contribution in [0.25, 0.3) is 87.6 Å². The van der Waals surface area contributed by atoms with Crippen molar-refractivity contribution in [1.82, 2.24) is 0 Å². The molecule has 9 aromatic carbocycles. The zero-order chi connectivity index (χ0) is 32.7. The fourth-order valence-electron chi connectivity index (χ4n) is 8.71. The minimum Gasteiger partial charge on any atom is -0.0622 e. The minimum absolute atomic E-state index is 0.0484. The van der Waals surface area contributed by atoms with Gasteiger partial charge in [0.25, 0.3) is 0 Å². The fourth-order valence-corrected chi connectivity index (χ4v) is 8.71. The first-order valence-corrected chi connectivity index (χ1v) is 17.3. The smallest absolute Gasteiger partial charge is 0.0159 e. The van der Waals surface area contributed by atoms with Crippen LogP contribution in [0.3, 0.4) is 0 Å². The zero-order valence-corrected chi connectivity index (χ0v) is 27.7. The highest BCUT2D eigenvalue weighted by atomic mass is 14.4. The molecule has 0 heterocycles. The van der Waals surface area contributed by atoms with Crippen LogP contribution in [-0.2, 0) is 5.41 Å². The van der Waals surface area contributed by atoms with Gasteiger partial charge in [-0.05, 0) is 117 Å². The standard InChI is InChI=1S/C49H34/c1-49(2)45-27-24-34(29-43(45)44-28-32-16-6-7-17-33(32)30-46(44)49)35-25-26-42(37-19-9-8-18-36(35)37)48-40-22-12-10-20-38(40)47(31-14-4-3-5-15-31)39-21-11-13-23-41(39)48/h3-30H,1-2H3. The number of benzene rings is 9. The van der Waals surface area contributed by atoms with Crippen molar-refractivity contribution in [2.75, 3.05) is 0 Å². The van der Waals surface area contributed by atoms with Gasteiger partial charge in [0.15, 0.2) is 0 Å². The van der Waals surface area contributed by atoms with Crippen LogP contribution >= 0.6 is 0 Å². The van der Waals surface area contributed by atoms with Crippen molar-refractivity contribution in [2.24, 2.45) is 0 Å². The van der Waals surface area contributed by atoms with E-state index in [9.17, 15) is 0 Å². The number of hydrogen-bond acceptors (Lipinski definition) is 0. The second-order valence-electron chi connectivity index (χ2n) is 14.0. The first kappa shape index (κ1) is 28.1. The lowest BCUT2D eigenvalue weighted by atomic mass is 9.81. The lowest BCUT2D eigenvalue weighted by molar-refractivity contribution is 0.661. The molecule has 0 bridgehead atoms. The summed E-state index contributed by atoms with van der Waals surface area (Å²) in [6.45, 7) is 4.74. The second kappa shape index (κ2) is 10.5. The van der Waals surface area contributed by atoms with Gasteiger partial charge in [-0.2, -0.15) is 0 Å². The van der Waals surface area contributed by atoms with Crippen molar-refractivity contribution in [2.45, 2.75) is 19.3 Å². The average Bonchev–Trinajstić information content (AvgIpc) is 3.37. The molecule has 0 heteroatoms. The molecular weight excluding hydrogens is 589 g/mol. The van der Waals surface area contributed by atoms with E-state index in [-0.39, 0.29) is 5.41 Å². The van der Waals surface area contributed by atoms with Crippen molar-refractivity contribution < 1.29 is 0 Å². The van der Waals surface area contributed by atoms with Crippen LogP contribution in [0.15, 0.2) is 170 Å². The second-order valence-corrected chi connectivity index (χ2v) is 14.0. The van der Waals surface area contributed by atoms with E-state index in [2.05, 4.69) is 184 Å². The highest BCUT2D eigenvalue weighted by Crippen LogP contribution is 2.52. The fraction of sp³-hybridized carbons (Fsp3) is 0.0612. The molecule has 0 nitrogen and oxygen atoms in total. The van der Waals surface area contributed by atoms with Crippen LogP contribution in [0.1, 0.15) is 25.0 Å². The molecule has 49 heavy (non-hydrogen) atoms. The van der Waals surface area contributed by atoms with Gasteiger partial charge in [-0.3, -0.25) is 0 Å². The summed E-state index contributed by atoms with van der Waals surface area (Å²) < 4.78 is 0. The quantitative estimate of drug-likeness (QED) is 0.172. The van der Waals surface area contributed by atoms with E-state index in [4.69, 9.17) is 0 Å². The summed E-state index contributed by atoms with van der Waals surface area (Å²) in [6, 6.07) is 63.1. The van der Waals surface area contributed by atoms with Gasteiger partial charge < -0.3 is 0 Å². The molecule has 0 aromatic heterocycles. The molecule has 230 valence electrons. The van der Waals surface area contributed by atoms with E-state index < -0.39 is 0 Å². The molecule has 0 amide bonds. The van der Waals surface area contributed by atoms with Gasteiger partial charge in [-0.15, -0.1) is 0 Å². The maximum Gasteiger partial charge on any atom is 0.0159 e. The summed E-state index contributed by atoms with van der Waals surface area (Å²) >= 11 is 0. The molecular formula is C49H34. The zero-order valence-electron chi connectivity index (χ0n) is 27.7. The van der Waals surface area contributed by atoms with Crippen molar-refractivity contribution in [3.63, 3.8) is 0 Å². The predicted octanol–water partition coefficient (Wildman–Crippen LogP) is 13.6. The summed E-state index contributed by atoms with van der Waals surface area (Å²) in [6.07, 6.45) is 0.